The van der Waals surface area contributed by atoms with Crippen LogP contribution in [-0.4, -0.2) is 46.7 Å². The minimum atomic E-state index is -0.235. The number of benzene rings is 1. The number of nitrogens with zero attached hydrogens (tertiary/aromatic N) is 3. The van der Waals surface area contributed by atoms with Crippen molar-refractivity contribution in [2.75, 3.05) is 25.5 Å². The van der Waals surface area contributed by atoms with Gasteiger partial charge in [-0.2, -0.15) is 5.10 Å². The van der Waals surface area contributed by atoms with Crippen LogP contribution in [0.3, 0.4) is 0 Å². The third-order valence-electron chi connectivity index (χ3n) is 4.83. The first kappa shape index (κ1) is 24.4. The summed E-state index contributed by atoms with van der Waals surface area (Å²) in [5.41, 5.74) is 1.49. The van der Waals surface area contributed by atoms with Crippen LogP contribution in [0, 0.1) is 5.92 Å². The van der Waals surface area contributed by atoms with Crippen molar-refractivity contribution in [2.45, 2.75) is 59.8 Å². The van der Waals surface area contributed by atoms with Crippen LogP contribution in [0.5, 0.6) is 5.75 Å². The number of amides is 2. The summed E-state index contributed by atoms with van der Waals surface area (Å²) in [4.78, 5) is 27.0. The molecule has 170 valence electrons. The summed E-state index contributed by atoms with van der Waals surface area (Å²) in [7, 11) is 1.62. The van der Waals surface area contributed by atoms with Gasteiger partial charge in [-0.25, -0.2) is 4.68 Å². The van der Waals surface area contributed by atoms with E-state index in [1.54, 1.807) is 16.7 Å². The summed E-state index contributed by atoms with van der Waals surface area (Å²) in [5, 5.41) is 7.69. The Morgan fingerprint density at radius 1 is 1.19 bits per heavy atom. The summed E-state index contributed by atoms with van der Waals surface area (Å²) in [6.45, 7) is 12.8. The van der Waals surface area contributed by atoms with Crippen molar-refractivity contribution in [3.8, 4) is 11.4 Å². The van der Waals surface area contributed by atoms with Gasteiger partial charge in [0.25, 0.3) is 0 Å². The van der Waals surface area contributed by atoms with E-state index in [1.807, 2.05) is 51.1 Å². The van der Waals surface area contributed by atoms with Crippen LogP contribution >= 0.6 is 0 Å². The number of hydrogen-bond acceptors (Lipinski definition) is 4. The Kier molecular flexibility index (Phi) is 8.25. The highest BCUT2D eigenvalue weighted by Gasteiger charge is 2.23. The molecule has 0 saturated carbocycles. The molecule has 0 unspecified atom stereocenters. The lowest BCUT2D eigenvalue weighted by Crippen LogP contribution is -2.39. The number of carbonyl (C=O) groups excluding carboxylic acids is 2. The number of anilines is 1. The van der Waals surface area contributed by atoms with Crippen LogP contribution in [0.2, 0.25) is 0 Å². The largest absolute Gasteiger partial charge is 0.497 e. The Hall–Kier alpha value is -2.83. The normalized spacial score (nSPS) is 11.5. The predicted octanol–water partition coefficient (Wildman–Crippen LogP) is 4.40. The lowest BCUT2D eigenvalue weighted by atomic mass is 9.92. The number of aromatic nitrogens is 2. The second-order valence-electron chi connectivity index (χ2n) is 9.24. The van der Waals surface area contributed by atoms with Gasteiger partial charge in [0, 0.05) is 24.4 Å². The molecular weight excluding hydrogens is 392 g/mol. The van der Waals surface area contributed by atoms with Crippen molar-refractivity contribution < 1.29 is 14.3 Å². The van der Waals surface area contributed by atoms with E-state index >= 15 is 0 Å². The quantitative estimate of drug-likeness (QED) is 0.642. The van der Waals surface area contributed by atoms with E-state index in [0.29, 0.717) is 18.8 Å². The van der Waals surface area contributed by atoms with Crippen molar-refractivity contribution in [1.82, 2.24) is 14.7 Å². The average Bonchev–Trinajstić information content (AvgIpc) is 3.11. The van der Waals surface area contributed by atoms with Gasteiger partial charge < -0.3 is 15.0 Å². The third-order valence-corrected chi connectivity index (χ3v) is 4.83. The van der Waals surface area contributed by atoms with Gasteiger partial charge in [-0.05, 0) is 36.6 Å². The number of methoxy groups -OCH3 is 1. The number of carbonyl (C=O) groups is 2. The van der Waals surface area contributed by atoms with Crippen LogP contribution in [0.25, 0.3) is 5.69 Å². The van der Waals surface area contributed by atoms with Crippen molar-refractivity contribution in [3.05, 3.63) is 36.0 Å². The second-order valence-corrected chi connectivity index (χ2v) is 9.24. The molecule has 1 aromatic carbocycles. The second kappa shape index (κ2) is 10.5. The summed E-state index contributed by atoms with van der Waals surface area (Å²) in [5.74, 6) is 1.34. The van der Waals surface area contributed by atoms with E-state index in [2.05, 4.69) is 26.1 Å². The van der Waals surface area contributed by atoms with Crippen molar-refractivity contribution in [2.24, 2.45) is 5.92 Å². The molecule has 0 radical (unpaired) electrons. The smallest absolute Gasteiger partial charge is 0.245 e. The summed E-state index contributed by atoms with van der Waals surface area (Å²) in [6, 6.07) is 9.38. The average molecular weight is 429 g/mol. The zero-order valence-electron chi connectivity index (χ0n) is 19.9. The van der Waals surface area contributed by atoms with Gasteiger partial charge in [-0.1, -0.05) is 41.5 Å². The lowest BCUT2D eigenvalue weighted by molar-refractivity contribution is -0.135. The Morgan fingerprint density at radius 2 is 1.84 bits per heavy atom. The van der Waals surface area contributed by atoms with Gasteiger partial charge in [-0.15, -0.1) is 0 Å². The van der Waals surface area contributed by atoms with Gasteiger partial charge >= 0.3 is 0 Å². The van der Waals surface area contributed by atoms with Gasteiger partial charge in [-0.3, -0.25) is 9.59 Å². The van der Waals surface area contributed by atoms with Crippen LogP contribution in [0.1, 0.15) is 60.1 Å². The fourth-order valence-electron chi connectivity index (χ4n) is 3.15. The van der Waals surface area contributed by atoms with Crippen LogP contribution in [0.15, 0.2) is 30.3 Å². The van der Waals surface area contributed by atoms with Gasteiger partial charge in [0.2, 0.25) is 11.8 Å². The Bertz CT molecular complexity index is 879. The molecule has 1 heterocycles. The molecule has 1 N–H and O–H groups in total. The molecule has 0 aliphatic heterocycles. The van der Waals surface area contributed by atoms with Crippen molar-refractivity contribution in [3.63, 3.8) is 0 Å². The van der Waals surface area contributed by atoms with Gasteiger partial charge in [0.1, 0.15) is 11.6 Å². The topological polar surface area (TPSA) is 76.5 Å². The highest BCUT2D eigenvalue weighted by Crippen LogP contribution is 2.27. The molecule has 7 heteroatoms. The molecule has 2 rings (SSSR count). The summed E-state index contributed by atoms with van der Waals surface area (Å²) < 4.78 is 6.96. The number of rotatable bonds is 9. The molecule has 2 amide bonds. The van der Waals surface area contributed by atoms with Gasteiger partial charge in [0.15, 0.2) is 0 Å². The Balaban J connectivity index is 2.28. The molecule has 0 saturated heterocycles. The fourth-order valence-corrected chi connectivity index (χ4v) is 3.15. The maximum atomic E-state index is 12.9. The highest BCUT2D eigenvalue weighted by atomic mass is 16.5. The molecule has 0 atom stereocenters. The van der Waals surface area contributed by atoms with E-state index in [4.69, 9.17) is 9.84 Å². The molecule has 0 fully saturated rings. The molecule has 0 aliphatic rings. The standard InChI is InChI=1S/C24H36N4O3/c1-8-13-27(23(30)14-17(2)3)16-22(29)25-21-15-20(24(4,5)6)26-28(21)18-9-11-19(31-7)12-10-18/h9-12,15,17H,8,13-14,16H2,1-7H3,(H,25,29). The third kappa shape index (κ3) is 6.84. The predicted molar refractivity (Wildman–Crippen MR) is 124 cm³/mol. The van der Waals surface area contributed by atoms with E-state index in [1.165, 1.54) is 0 Å². The maximum Gasteiger partial charge on any atom is 0.245 e. The van der Waals surface area contributed by atoms with E-state index < -0.39 is 0 Å². The van der Waals surface area contributed by atoms with Crippen LogP contribution < -0.4 is 10.1 Å². The first-order valence-electron chi connectivity index (χ1n) is 10.9. The van der Waals surface area contributed by atoms with E-state index in [0.717, 1.165) is 23.6 Å². The molecule has 0 bridgehead atoms. The van der Waals surface area contributed by atoms with E-state index in [-0.39, 0.29) is 29.7 Å². The molecule has 31 heavy (non-hydrogen) atoms. The lowest BCUT2D eigenvalue weighted by Gasteiger charge is -2.22. The molecule has 7 nitrogen and oxygen atoms in total. The first-order chi connectivity index (χ1) is 14.5. The van der Waals surface area contributed by atoms with Gasteiger partial charge in [0.05, 0.1) is 25.0 Å². The number of nitrogens with one attached hydrogen (secondary N) is 1. The summed E-state index contributed by atoms with van der Waals surface area (Å²) in [6.07, 6.45) is 1.24. The zero-order chi connectivity index (χ0) is 23.2. The maximum absolute atomic E-state index is 12.9. The molecule has 0 aliphatic carbocycles. The molecule has 2 aromatic rings. The first-order valence-corrected chi connectivity index (χ1v) is 10.9. The minimum Gasteiger partial charge on any atom is -0.497 e. The Morgan fingerprint density at radius 3 is 2.35 bits per heavy atom. The fraction of sp³-hybridized carbons (Fsp3) is 0.542. The van der Waals surface area contributed by atoms with Crippen LogP contribution in [-0.2, 0) is 15.0 Å². The highest BCUT2D eigenvalue weighted by molar-refractivity contribution is 5.94. The zero-order valence-corrected chi connectivity index (χ0v) is 19.9. The van der Waals surface area contributed by atoms with Crippen LogP contribution in [0.4, 0.5) is 5.82 Å². The van der Waals surface area contributed by atoms with Crippen molar-refractivity contribution in [1.29, 1.82) is 0 Å². The monoisotopic (exact) mass is 428 g/mol. The number of ether oxygens (including phenoxy) is 1. The van der Waals surface area contributed by atoms with E-state index in [9.17, 15) is 9.59 Å². The minimum absolute atomic E-state index is 0.00560. The number of hydrogen-bond donors (Lipinski definition) is 1. The van der Waals surface area contributed by atoms with Crippen molar-refractivity contribution >= 4 is 17.6 Å². The SMILES string of the molecule is CCCN(CC(=O)Nc1cc(C(C)(C)C)nn1-c1ccc(OC)cc1)C(=O)CC(C)C. The molecule has 1 aromatic heterocycles. The molecule has 0 spiro atoms. The Labute approximate surface area is 185 Å². The summed E-state index contributed by atoms with van der Waals surface area (Å²) >= 11 is 0. The molecular formula is C24H36N4O3.